The van der Waals surface area contributed by atoms with Gasteiger partial charge in [-0.25, -0.2) is 9.97 Å². The third kappa shape index (κ3) is 5.91. The zero-order chi connectivity index (χ0) is 25.8. The molecule has 2 aliphatic carbocycles. The van der Waals surface area contributed by atoms with Gasteiger partial charge in [-0.05, 0) is 80.3 Å². The maximum atomic E-state index is 13.2. The van der Waals surface area contributed by atoms with Crippen LogP contribution in [0.15, 0.2) is 65.7 Å². The lowest BCUT2D eigenvalue weighted by Gasteiger charge is -2.26. The Morgan fingerprint density at radius 3 is 2.76 bits per heavy atom. The minimum absolute atomic E-state index is 0.00405. The second-order valence-electron chi connectivity index (χ2n) is 9.77. The third-order valence-corrected chi connectivity index (χ3v) is 7.44. The van der Waals surface area contributed by atoms with Crippen LogP contribution in [0.1, 0.15) is 83.4 Å². The van der Waals surface area contributed by atoms with Crippen LogP contribution in [-0.2, 0) is 17.6 Å². The highest BCUT2D eigenvalue weighted by Gasteiger charge is 2.23. The molecule has 37 heavy (non-hydrogen) atoms. The van der Waals surface area contributed by atoms with E-state index in [4.69, 9.17) is 26.7 Å². The first kappa shape index (κ1) is 25.2. The van der Waals surface area contributed by atoms with Crippen LogP contribution in [-0.4, -0.2) is 27.0 Å². The van der Waals surface area contributed by atoms with Crippen molar-refractivity contribution in [3.05, 3.63) is 93.8 Å². The van der Waals surface area contributed by atoms with Crippen molar-refractivity contribution in [3.8, 4) is 0 Å². The van der Waals surface area contributed by atoms with Gasteiger partial charge in [-0.1, -0.05) is 48.0 Å². The number of carboxylic acid groups (broad SMARTS) is 1. The fourth-order valence-corrected chi connectivity index (χ4v) is 5.40. The number of hydrogen-bond acceptors (Lipinski definition) is 4. The number of fused-ring (bicyclic) bond motifs is 2. The number of carboxylic acids is 1. The van der Waals surface area contributed by atoms with Crippen LogP contribution in [0.2, 0.25) is 0 Å². The molecule has 0 saturated heterocycles. The Bertz CT molecular complexity index is 1400. The number of carbonyl (C=O) groups is 2. The second kappa shape index (κ2) is 11.3. The largest absolute Gasteiger partial charge is 0.481 e. The number of nitrogens with zero attached hydrogens (tertiary/aromatic N) is 2. The van der Waals surface area contributed by atoms with Crippen molar-refractivity contribution in [1.29, 1.82) is 0 Å². The maximum absolute atomic E-state index is 13.2. The lowest BCUT2D eigenvalue weighted by atomic mass is 9.87. The number of unbranched alkanes of at least 4 members (excludes halogenated alkanes) is 1. The number of hydrogen-bond donors (Lipinski definition) is 2. The van der Waals surface area contributed by atoms with E-state index in [1.54, 1.807) is 0 Å². The molecule has 2 N–H and O–H groups in total. The molecule has 6 nitrogen and oxygen atoms in total. The van der Waals surface area contributed by atoms with E-state index in [1.807, 2.05) is 48.6 Å². The molecular weight excluding hydrogens is 486 g/mol. The number of aryl methyl sites for hydroxylation is 2. The van der Waals surface area contributed by atoms with Gasteiger partial charge in [0.2, 0.25) is 0 Å². The summed E-state index contributed by atoms with van der Waals surface area (Å²) < 4.78 is 0. The van der Waals surface area contributed by atoms with Crippen LogP contribution in [0.5, 0.6) is 0 Å². The molecule has 0 bridgehead atoms. The van der Waals surface area contributed by atoms with E-state index in [-0.39, 0.29) is 24.3 Å². The van der Waals surface area contributed by atoms with E-state index < -0.39 is 5.97 Å². The molecule has 1 aromatic heterocycles. The normalized spacial score (nSPS) is 18.8. The van der Waals surface area contributed by atoms with Crippen molar-refractivity contribution in [2.75, 3.05) is 0 Å². The van der Waals surface area contributed by atoms with Crippen LogP contribution >= 0.6 is 11.6 Å². The van der Waals surface area contributed by atoms with Gasteiger partial charge in [0.1, 0.15) is 0 Å². The van der Waals surface area contributed by atoms with Gasteiger partial charge < -0.3 is 10.4 Å². The highest BCUT2D eigenvalue weighted by atomic mass is 35.5. The van der Waals surface area contributed by atoms with Gasteiger partial charge in [0.25, 0.3) is 5.91 Å². The standard InChI is InChI=1S/C30H30ClN3O3/c31-22-15-12-20(13-16-22)29-26(9-3-4-11-28(35)36)32-27-18-21(14-17-25(27)33-29)30(37)34-24-10-5-7-19-6-1-2-8-23(19)24/h1-2,6,8,12,14-18,20,24H,3-5,7,9-11,13H2,(H,34,37)(H,35,36). The van der Waals surface area contributed by atoms with Gasteiger partial charge >= 0.3 is 5.97 Å². The summed E-state index contributed by atoms with van der Waals surface area (Å²) >= 11 is 6.13. The number of benzene rings is 2. The lowest BCUT2D eigenvalue weighted by Crippen LogP contribution is -2.31. The van der Waals surface area contributed by atoms with Gasteiger partial charge in [0.05, 0.1) is 28.5 Å². The van der Waals surface area contributed by atoms with Gasteiger partial charge in [-0.2, -0.15) is 0 Å². The molecule has 3 aromatic rings. The summed E-state index contributed by atoms with van der Waals surface area (Å²) in [6, 6.07) is 13.8. The first-order valence-corrected chi connectivity index (χ1v) is 13.3. The summed E-state index contributed by atoms with van der Waals surface area (Å²) in [4.78, 5) is 34.1. The summed E-state index contributed by atoms with van der Waals surface area (Å²) in [5, 5.41) is 12.9. The van der Waals surface area contributed by atoms with Crippen LogP contribution in [0.25, 0.3) is 11.0 Å². The molecule has 2 unspecified atom stereocenters. The van der Waals surface area contributed by atoms with Crippen molar-refractivity contribution >= 4 is 34.5 Å². The topological polar surface area (TPSA) is 92.2 Å². The van der Waals surface area contributed by atoms with Crippen molar-refractivity contribution in [2.24, 2.45) is 0 Å². The molecule has 1 heterocycles. The van der Waals surface area contributed by atoms with E-state index >= 15 is 0 Å². The predicted octanol–water partition coefficient (Wildman–Crippen LogP) is 6.40. The summed E-state index contributed by atoms with van der Waals surface area (Å²) in [7, 11) is 0. The van der Waals surface area contributed by atoms with E-state index in [1.165, 1.54) is 11.1 Å². The fraction of sp³-hybridized carbons (Fsp3) is 0.333. The van der Waals surface area contributed by atoms with E-state index in [2.05, 4.69) is 17.4 Å². The molecule has 2 atom stereocenters. The van der Waals surface area contributed by atoms with Crippen molar-refractivity contribution in [2.45, 2.75) is 63.3 Å². The predicted molar refractivity (Wildman–Crippen MR) is 145 cm³/mol. The first-order valence-electron chi connectivity index (χ1n) is 12.9. The van der Waals surface area contributed by atoms with Crippen LogP contribution < -0.4 is 5.32 Å². The number of amides is 1. The van der Waals surface area contributed by atoms with E-state index in [9.17, 15) is 9.59 Å². The molecule has 0 saturated carbocycles. The van der Waals surface area contributed by atoms with Gasteiger partial charge in [0, 0.05) is 22.9 Å². The minimum atomic E-state index is -0.795. The molecule has 0 spiro atoms. The third-order valence-electron chi connectivity index (χ3n) is 7.16. The Morgan fingerprint density at radius 2 is 1.95 bits per heavy atom. The number of carbonyl (C=O) groups excluding carboxylic acids is 1. The summed E-state index contributed by atoms with van der Waals surface area (Å²) in [5.74, 6) is -0.855. The number of allylic oxidation sites excluding steroid dienone is 4. The molecule has 2 aliphatic rings. The van der Waals surface area contributed by atoms with Crippen LogP contribution in [0.3, 0.4) is 0 Å². The van der Waals surface area contributed by atoms with Crippen LogP contribution in [0.4, 0.5) is 0 Å². The lowest BCUT2D eigenvalue weighted by molar-refractivity contribution is -0.137. The Kier molecular flexibility index (Phi) is 7.65. The number of aromatic nitrogens is 2. The van der Waals surface area contributed by atoms with Crippen LogP contribution in [0, 0.1) is 0 Å². The van der Waals surface area contributed by atoms with Gasteiger partial charge in [-0.3, -0.25) is 9.59 Å². The zero-order valence-corrected chi connectivity index (χ0v) is 21.4. The average Bonchev–Trinajstić information content (AvgIpc) is 2.91. The fourth-order valence-electron chi connectivity index (χ4n) is 5.24. The Morgan fingerprint density at radius 1 is 1.08 bits per heavy atom. The quantitative estimate of drug-likeness (QED) is 0.338. The number of rotatable bonds is 8. The molecule has 1 amide bonds. The Balaban J connectivity index is 1.41. The van der Waals surface area contributed by atoms with Gasteiger partial charge in [0.15, 0.2) is 0 Å². The molecule has 0 aliphatic heterocycles. The summed E-state index contributed by atoms with van der Waals surface area (Å²) in [6.45, 7) is 0. The smallest absolute Gasteiger partial charge is 0.303 e. The molecule has 0 fully saturated rings. The Hall–Kier alpha value is -3.51. The molecular formula is C30H30ClN3O3. The monoisotopic (exact) mass is 515 g/mol. The second-order valence-corrected chi connectivity index (χ2v) is 10.2. The molecule has 190 valence electrons. The molecule has 0 radical (unpaired) electrons. The molecule has 5 rings (SSSR count). The average molecular weight is 516 g/mol. The van der Waals surface area contributed by atoms with Gasteiger partial charge in [-0.15, -0.1) is 0 Å². The molecule has 7 heteroatoms. The number of aliphatic carboxylic acids is 1. The number of halogens is 1. The zero-order valence-electron chi connectivity index (χ0n) is 20.6. The first-order chi connectivity index (χ1) is 18.0. The number of nitrogens with one attached hydrogen (secondary N) is 1. The minimum Gasteiger partial charge on any atom is -0.481 e. The Labute approximate surface area is 221 Å². The van der Waals surface area contributed by atoms with E-state index in [0.29, 0.717) is 35.4 Å². The maximum Gasteiger partial charge on any atom is 0.303 e. The van der Waals surface area contributed by atoms with Crippen molar-refractivity contribution in [1.82, 2.24) is 15.3 Å². The highest BCUT2D eigenvalue weighted by Crippen LogP contribution is 2.32. The SMILES string of the molecule is O=C(O)CCCCc1nc2cc(C(=O)NC3CCCc4ccccc43)ccc2nc1C1C=CC(Cl)=CC1. The van der Waals surface area contributed by atoms with E-state index in [0.717, 1.165) is 42.6 Å². The highest BCUT2D eigenvalue weighted by molar-refractivity contribution is 6.31. The molecule has 2 aromatic carbocycles. The summed E-state index contributed by atoms with van der Waals surface area (Å²) in [5.41, 5.74) is 6.19. The van der Waals surface area contributed by atoms with Crippen molar-refractivity contribution < 1.29 is 14.7 Å². The van der Waals surface area contributed by atoms with Crippen molar-refractivity contribution in [3.63, 3.8) is 0 Å². The summed E-state index contributed by atoms with van der Waals surface area (Å²) in [6.07, 6.45) is 11.7.